The second-order valence-corrected chi connectivity index (χ2v) is 36.5. The van der Waals surface area contributed by atoms with E-state index in [1.807, 2.05) is 329 Å². The highest BCUT2D eigenvalue weighted by atomic mass is 16.1. The van der Waals surface area contributed by atoms with Crippen molar-refractivity contribution in [3.8, 4) is 114 Å². The molecule has 24 aromatic rings. The van der Waals surface area contributed by atoms with Crippen molar-refractivity contribution >= 4 is 67.3 Å². The Balaban J connectivity index is 0.000000116. The fraction of sp³-hybridized carbons (Fsp3) is 0.139. The first-order valence-corrected chi connectivity index (χ1v) is 48.2. The molecule has 0 radical (unpaired) electrons. The third-order valence-electron chi connectivity index (χ3n) is 25.6. The first-order chi connectivity index (χ1) is 72.1. The van der Waals surface area contributed by atoms with Crippen LogP contribution in [0.4, 0.5) is 0 Å². The summed E-state index contributed by atoms with van der Waals surface area (Å²) in [6, 6.07) is 81.8. The Morgan fingerprint density at radius 1 is 0.284 bits per heavy atom. The number of carbonyl (C=O) groups is 4. The van der Waals surface area contributed by atoms with E-state index in [1.165, 1.54) is 6.33 Å². The molecule has 0 amide bonds. The van der Waals surface area contributed by atoms with Gasteiger partial charge in [0.2, 0.25) is 0 Å². The molecular formula is C115H99N29O4. The molecule has 33 nitrogen and oxygen atoms in total. The van der Waals surface area contributed by atoms with Gasteiger partial charge in [0, 0.05) is 202 Å². The van der Waals surface area contributed by atoms with E-state index in [2.05, 4.69) is 118 Å². The number of nitrogens with zero attached hydrogens (tertiary/aromatic N) is 25. The number of aromatic nitrogens is 29. The smallest absolute Gasteiger partial charge is 0.183 e. The second-order valence-electron chi connectivity index (χ2n) is 36.5. The van der Waals surface area contributed by atoms with Crippen molar-refractivity contribution in [3.63, 3.8) is 0 Å². The minimum atomic E-state index is 0.132. The lowest BCUT2D eigenvalue weighted by molar-refractivity contribution is -0.118. The van der Waals surface area contributed by atoms with E-state index in [1.54, 1.807) is 75.2 Å². The van der Waals surface area contributed by atoms with E-state index in [0.717, 1.165) is 208 Å². The number of aromatic amines is 4. The van der Waals surface area contributed by atoms with Gasteiger partial charge in [-0.25, -0.2) is 59.8 Å². The van der Waals surface area contributed by atoms with Gasteiger partial charge in [-0.2, -0.15) is 20.4 Å². The highest BCUT2D eigenvalue weighted by Crippen LogP contribution is 2.34. The Morgan fingerprint density at radius 2 is 0.635 bits per heavy atom. The van der Waals surface area contributed by atoms with Crippen LogP contribution in [0.2, 0.25) is 0 Å². The van der Waals surface area contributed by atoms with Crippen molar-refractivity contribution in [2.75, 3.05) is 0 Å². The molecule has 0 unspecified atom stereocenters. The van der Waals surface area contributed by atoms with Crippen LogP contribution in [-0.4, -0.2) is 165 Å². The Labute approximate surface area is 848 Å². The van der Waals surface area contributed by atoms with Crippen LogP contribution in [0.25, 0.3) is 158 Å². The molecule has 0 aliphatic heterocycles. The molecule has 17 heterocycles. The fourth-order valence-corrected chi connectivity index (χ4v) is 18.0. The van der Waals surface area contributed by atoms with Crippen LogP contribution in [0, 0.1) is 27.7 Å². The molecule has 0 bridgehead atoms. The van der Waals surface area contributed by atoms with Gasteiger partial charge in [-0.1, -0.05) is 188 Å². The van der Waals surface area contributed by atoms with E-state index < -0.39 is 0 Å². The minimum Gasteiger partial charge on any atom is -0.354 e. The van der Waals surface area contributed by atoms with Gasteiger partial charge in [0.25, 0.3) is 0 Å². The van der Waals surface area contributed by atoms with Crippen LogP contribution in [0.1, 0.15) is 67.8 Å². The first-order valence-electron chi connectivity index (χ1n) is 48.2. The van der Waals surface area contributed by atoms with Crippen LogP contribution < -0.4 is 0 Å². The highest BCUT2D eigenvalue weighted by Gasteiger charge is 2.23. The first kappa shape index (κ1) is 94.8. The van der Waals surface area contributed by atoms with Crippen LogP contribution in [0.5, 0.6) is 0 Å². The van der Waals surface area contributed by atoms with Gasteiger partial charge in [-0.15, -0.1) is 0 Å². The summed E-state index contributed by atoms with van der Waals surface area (Å²) < 4.78 is 14.7. The summed E-state index contributed by atoms with van der Waals surface area (Å²) in [7, 11) is 7.51. The number of Topliss-reactive ketones (excluding diaryl/α,β-unsaturated/α-hetero) is 4. The number of ketones is 4. The molecule has 148 heavy (non-hydrogen) atoms. The van der Waals surface area contributed by atoms with Crippen LogP contribution in [0.15, 0.2) is 336 Å². The molecule has 24 rings (SSSR count). The number of pyridine rings is 3. The molecule has 0 aliphatic rings. The maximum atomic E-state index is 12.9. The van der Waals surface area contributed by atoms with Gasteiger partial charge in [-0.05, 0) is 122 Å². The van der Waals surface area contributed by atoms with E-state index >= 15 is 0 Å². The number of carbonyl (C=O) groups excluding carboxylic acids is 4. The molecule has 33 heteroatoms. The van der Waals surface area contributed by atoms with Gasteiger partial charge in [-0.3, -0.25) is 61.2 Å². The SMILES string of the molecule is Cc1cn(-c2nccc3[nH]c(-c4ccc(CC(=O)Cc5cc(-c6ccccc6)nn5C)cc4)cc23)cn1.Cc1cn(-c2nccc3[nH]c(-c4ccc(CC(=O)Cc5cc(-c6ccncc6)nn5C)cc4)nc23)cn1.Cc1cn(-c2ncnc3[nH]c(-c4ccc(CC(=O)Cc5cc(-c6ccccc6)nn5C)cc4)cc23)cn1.Cc1cn(-c2ncnc3nc(-c4ccc(CC(=O)Cc5cc(-c6ccccc6)nn5C)cc4)[nH]c23)cn1. The highest BCUT2D eigenvalue weighted by molar-refractivity contribution is 5.93. The van der Waals surface area contributed by atoms with Gasteiger partial charge < -0.3 is 19.9 Å². The molecule has 0 aliphatic carbocycles. The lowest BCUT2D eigenvalue weighted by Gasteiger charge is -2.04. The fourth-order valence-electron chi connectivity index (χ4n) is 18.0. The monoisotopic (exact) mass is 1950 g/mol. The largest absolute Gasteiger partial charge is 0.354 e. The summed E-state index contributed by atoms with van der Waals surface area (Å²) >= 11 is 0. The Hall–Kier alpha value is -19.5. The van der Waals surface area contributed by atoms with E-state index in [-0.39, 0.29) is 23.1 Å². The number of aryl methyl sites for hydroxylation is 8. The summed E-state index contributed by atoms with van der Waals surface area (Å²) in [5.74, 6) is 5.05. The van der Waals surface area contributed by atoms with E-state index in [4.69, 9.17) is 4.98 Å². The third-order valence-corrected chi connectivity index (χ3v) is 25.6. The predicted molar refractivity (Wildman–Crippen MR) is 567 cm³/mol. The zero-order valence-corrected chi connectivity index (χ0v) is 82.2. The standard InChI is InChI=1S/C30H26N6O.C29H25N7O.2C28H24N8O/c1-20-18-36(19-32-20)30-26-17-28(33-27(26)12-13-31-30)23-10-8-21(9-11-23)14-25(37)15-24-16-29(34-35(24)2)22-6-4-3-5-7-22;1-19-16-36(18-32-19)29-25-15-26(33-28(25)30-17-31-29)22-10-8-20(9-11-22)12-24(37)13-23-14-27(34-35(23)2)21-6-4-3-5-7-21;1-18-16-36(17-31-18)28-26-24(9-12-30-28)32-27(33-26)21-5-3-19(4-6-21)13-23(37)14-22-15-25(34-35(22)2)20-7-10-29-11-8-20;1-18-15-36(17-31-18)28-25-27(29-16-30-28)33-26(32-25)21-10-8-19(9-11-21)12-23(37)13-22-14-24(34-35(22)2)20-6-4-3-5-7-20/h3-13,16-19,33H,14-15H2,1-2H3;3-11,14-18H,12-13H2,1-2H3,(H,30,31,33);3-12,15-17H,13-14H2,1-2H3,(H,32,33);3-11,14-17H,12-13H2,1-2H3,(H,29,30,32,33). The maximum Gasteiger partial charge on any atom is 0.183 e. The lowest BCUT2D eigenvalue weighted by atomic mass is 10.0. The zero-order valence-electron chi connectivity index (χ0n) is 82.2. The van der Waals surface area contributed by atoms with Crippen LogP contribution >= 0.6 is 0 Å². The molecule has 0 spiro atoms. The normalized spacial score (nSPS) is 11.3. The zero-order chi connectivity index (χ0) is 101. The number of H-pyrrole nitrogens is 4. The number of benzene rings is 7. The Bertz CT molecular complexity index is 7870. The molecule has 728 valence electrons. The molecule has 0 atom stereocenters. The van der Waals surface area contributed by atoms with Crippen LogP contribution in [-0.2, 0) is 98.7 Å². The molecule has 4 N–H and O–H groups in total. The van der Waals surface area contributed by atoms with Crippen LogP contribution in [0.3, 0.4) is 0 Å². The summed E-state index contributed by atoms with van der Waals surface area (Å²) in [5, 5.41) is 20.2. The summed E-state index contributed by atoms with van der Waals surface area (Å²) in [4.78, 5) is 122. The average Bonchev–Trinajstić information content (AvgIpc) is 1.64. The third kappa shape index (κ3) is 21.5. The summed E-state index contributed by atoms with van der Waals surface area (Å²) in [6.45, 7) is 7.78. The van der Waals surface area contributed by atoms with Gasteiger partial charge in [0.15, 0.2) is 23.1 Å². The van der Waals surface area contributed by atoms with Crippen molar-refractivity contribution in [2.45, 2.75) is 79.1 Å². The number of hydrogen-bond acceptors (Lipinski definition) is 21. The molecule has 17 aromatic heterocycles. The van der Waals surface area contributed by atoms with Gasteiger partial charge in [0.1, 0.15) is 95.2 Å². The van der Waals surface area contributed by atoms with E-state index in [0.29, 0.717) is 68.7 Å². The van der Waals surface area contributed by atoms with Gasteiger partial charge >= 0.3 is 0 Å². The van der Waals surface area contributed by atoms with Crippen molar-refractivity contribution < 1.29 is 19.2 Å². The molecule has 0 fully saturated rings. The number of imidazole rings is 6. The number of hydrogen-bond donors (Lipinski definition) is 4. The number of fused-ring (bicyclic) bond motifs is 4. The lowest BCUT2D eigenvalue weighted by Crippen LogP contribution is -2.10. The van der Waals surface area contributed by atoms with Crippen molar-refractivity contribution in [3.05, 3.63) is 404 Å². The summed E-state index contributed by atoms with van der Waals surface area (Å²) in [5.41, 5.74) is 29.4. The predicted octanol–water partition coefficient (Wildman–Crippen LogP) is 18.9. The second kappa shape index (κ2) is 42.0. The topological polar surface area (TPSA) is 390 Å². The minimum absolute atomic E-state index is 0.132. The molecular weight excluding hydrogens is 1850 g/mol. The van der Waals surface area contributed by atoms with Gasteiger partial charge in [0.05, 0.1) is 62.0 Å². The van der Waals surface area contributed by atoms with E-state index in [9.17, 15) is 19.2 Å². The van der Waals surface area contributed by atoms with Crippen molar-refractivity contribution in [1.82, 2.24) is 142 Å². The summed E-state index contributed by atoms with van der Waals surface area (Å²) in [6.07, 6.45) is 27.6. The molecule has 0 saturated carbocycles. The van der Waals surface area contributed by atoms with Crippen molar-refractivity contribution in [2.24, 2.45) is 28.2 Å². The number of nitrogens with one attached hydrogen (secondary N) is 4. The Kier molecular flexibility index (Phi) is 26.9. The maximum absolute atomic E-state index is 12.9. The van der Waals surface area contributed by atoms with Crippen molar-refractivity contribution in [1.29, 1.82) is 0 Å². The molecule has 7 aromatic carbocycles. The Morgan fingerprint density at radius 3 is 1.05 bits per heavy atom. The molecule has 0 saturated heterocycles. The quantitative estimate of drug-likeness (QED) is 0.0354. The number of rotatable bonds is 28. The average molecular weight is 1950 g/mol.